The van der Waals surface area contributed by atoms with Crippen LogP contribution < -0.4 is 5.32 Å². The minimum absolute atomic E-state index is 0.178. The standard InChI is InChI=1S/C21H33N3O4S/c1-8-19(25)22-18(7)21(26)23-9-11-24(12-10-23)29(27,28)20-16(5)14(3)13(2)15(4)17(20)6/h18H,8-12H2,1-7H3,(H,22,25)/t18-/m0/s1. The van der Waals surface area contributed by atoms with Gasteiger partial charge in [0.15, 0.2) is 0 Å². The van der Waals surface area contributed by atoms with Gasteiger partial charge in [0.05, 0.1) is 4.90 Å². The molecule has 0 spiro atoms. The number of rotatable bonds is 5. The molecular formula is C21H33N3O4S. The molecule has 1 aromatic carbocycles. The largest absolute Gasteiger partial charge is 0.345 e. The van der Waals surface area contributed by atoms with Gasteiger partial charge in [0, 0.05) is 32.6 Å². The van der Waals surface area contributed by atoms with Gasteiger partial charge >= 0.3 is 0 Å². The lowest BCUT2D eigenvalue weighted by Gasteiger charge is -2.36. The molecule has 7 nitrogen and oxygen atoms in total. The Balaban J connectivity index is 2.19. The van der Waals surface area contributed by atoms with Crippen molar-refractivity contribution < 1.29 is 18.0 Å². The molecule has 0 bridgehead atoms. The molecule has 162 valence electrons. The van der Waals surface area contributed by atoms with Crippen LogP contribution in [-0.4, -0.2) is 61.7 Å². The molecule has 1 heterocycles. The first kappa shape index (κ1) is 23.3. The first-order valence-corrected chi connectivity index (χ1v) is 11.5. The maximum atomic E-state index is 13.4. The van der Waals surface area contributed by atoms with E-state index in [1.54, 1.807) is 18.7 Å². The van der Waals surface area contributed by atoms with Crippen LogP contribution in [-0.2, 0) is 19.6 Å². The Hall–Kier alpha value is -1.93. The van der Waals surface area contributed by atoms with E-state index in [2.05, 4.69) is 5.32 Å². The minimum Gasteiger partial charge on any atom is -0.345 e. The second kappa shape index (κ2) is 8.83. The SMILES string of the molecule is CCC(=O)N[C@@H](C)C(=O)N1CCN(S(=O)(=O)c2c(C)c(C)c(C)c(C)c2C)CC1. The molecule has 1 saturated heterocycles. The van der Waals surface area contributed by atoms with E-state index in [1.165, 1.54) is 4.31 Å². The van der Waals surface area contributed by atoms with Gasteiger partial charge in [0.1, 0.15) is 6.04 Å². The first-order chi connectivity index (χ1) is 13.4. The molecular weight excluding hydrogens is 390 g/mol. The molecule has 0 aliphatic carbocycles. The molecule has 2 rings (SSSR count). The zero-order valence-electron chi connectivity index (χ0n) is 18.5. The second-order valence-corrected chi connectivity index (χ2v) is 9.70. The van der Waals surface area contributed by atoms with Crippen molar-refractivity contribution in [2.45, 2.75) is 65.8 Å². The zero-order valence-corrected chi connectivity index (χ0v) is 19.4. The topological polar surface area (TPSA) is 86.8 Å². The van der Waals surface area contributed by atoms with Crippen LogP contribution in [0, 0.1) is 34.6 Å². The van der Waals surface area contributed by atoms with Crippen molar-refractivity contribution in [2.24, 2.45) is 0 Å². The van der Waals surface area contributed by atoms with Crippen molar-refractivity contribution in [2.75, 3.05) is 26.2 Å². The first-order valence-electron chi connectivity index (χ1n) is 10.1. The van der Waals surface area contributed by atoms with Gasteiger partial charge in [-0.25, -0.2) is 8.42 Å². The van der Waals surface area contributed by atoms with Crippen molar-refractivity contribution >= 4 is 21.8 Å². The van der Waals surface area contributed by atoms with E-state index < -0.39 is 16.1 Å². The molecule has 1 aliphatic rings. The molecule has 1 N–H and O–H groups in total. The van der Waals surface area contributed by atoms with E-state index in [-0.39, 0.29) is 24.9 Å². The summed E-state index contributed by atoms with van der Waals surface area (Å²) in [6, 6.07) is -0.613. The lowest BCUT2D eigenvalue weighted by Crippen LogP contribution is -2.55. The second-order valence-electron chi connectivity index (χ2n) is 7.83. The molecule has 1 aromatic rings. The third-order valence-corrected chi connectivity index (χ3v) is 8.32. The zero-order chi connectivity index (χ0) is 22.1. The molecule has 8 heteroatoms. The molecule has 1 atom stereocenters. The smallest absolute Gasteiger partial charge is 0.244 e. The average Bonchev–Trinajstić information content (AvgIpc) is 2.70. The minimum atomic E-state index is -3.65. The van der Waals surface area contributed by atoms with Gasteiger partial charge < -0.3 is 10.2 Å². The highest BCUT2D eigenvalue weighted by Crippen LogP contribution is 2.31. The number of nitrogens with one attached hydrogen (secondary N) is 1. The summed E-state index contributed by atoms with van der Waals surface area (Å²) in [5.74, 6) is -0.360. The van der Waals surface area contributed by atoms with Crippen molar-refractivity contribution in [3.05, 3.63) is 27.8 Å². The number of hydrogen-bond donors (Lipinski definition) is 1. The Labute approximate surface area is 174 Å². The quantitative estimate of drug-likeness (QED) is 0.785. The van der Waals surface area contributed by atoms with E-state index in [1.807, 2.05) is 34.6 Å². The summed E-state index contributed by atoms with van der Waals surface area (Å²) in [6.07, 6.45) is 0.317. The van der Waals surface area contributed by atoms with Crippen LogP contribution in [0.4, 0.5) is 0 Å². The predicted molar refractivity (Wildman–Crippen MR) is 113 cm³/mol. The van der Waals surface area contributed by atoms with E-state index in [0.717, 1.165) is 27.8 Å². The molecule has 1 fully saturated rings. The van der Waals surface area contributed by atoms with E-state index in [0.29, 0.717) is 24.4 Å². The van der Waals surface area contributed by atoms with Crippen molar-refractivity contribution in [3.8, 4) is 0 Å². The van der Waals surface area contributed by atoms with Crippen molar-refractivity contribution in [3.63, 3.8) is 0 Å². The summed E-state index contributed by atoms with van der Waals surface area (Å²) in [7, 11) is -3.65. The molecule has 29 heavy (non-hydrogen) atoms. The van der Waals surface area contributed by atoms with E-state index in [9.17, 15) is 18.0 Å². The summed E-state index contributed by atoms with van der Waals surface area (Å²) < 4.78 is 28.3. The highest BCUT2D eigenvalue weighted by Gasteiger charge is 2.34. The Kier molecular flexibility index (Phi) is 7.11. The number of piperazine rings is 1. The Morgan fingerprint density at radius 1 is 0.897 bits per heavy atom. The summed E-state index contributed by atoms with van der Waals surface area (Å²) in [5.41, 5.74) is 4.71. The highest BCUT2D eigenvalue weighted by molar-refractivity contribution is 7.89. The summed E-state index contributed by atoms with van der Waals surface area (Å²) in [6.45, 7) is 14.2. The maximum absolute atomic E-state index is 13.4. The normalized spacial score (nSPS) is 16.6. The molecule has 0 unspecified atom stereocenters. The van der Waals surface area contributed by atoms with Gasteiger partial charge in [0.25, 0.3) is 0 Å². The number of sulfonamides is 1. The van der Waals surface area contributed by atoms with Crippen LogP contribution in [0.25, 0.3) is 0 Å². The Morgan fingerprint density at radius 3 is 1.79 bits per heavy atom. The van der Waals surface area contributed by atoms with Gasteiger partial charge in [-0.3, -0.25) is 9.59 Å². The fourth-order valence-corrected chi connectivity index (χ4v) is 5.79. The predicted octanol–water partition coefficient (Wildman–Crippen LogP) is 1.98. The van der Waals surface area contributed by atoms with Crippen molar-refractivity contribution in [1.29, 1.82) is 0 Å². The van der Waals surface area contributed by atoms with Crippen LogP contribution >= 0.6 is 0 Å². The van der Waals surface area contributed by atoms with Crippen LogP contribution in [0.3, 0.4) is 0 Å². The van der Waals surface area contributed by atoms with Crippen molar-refractivity contribution in [1.82, 2.24) is 14.5 Å². The number of benzene rings is 1. The number of carbonyl (C=O) groups is 2. The Bertz CT molecular complexity index is 887. The third kappa shape index (κ3) is 4.48. The average molecular weight is 424 g/mol. The van der Waals surface area contributed by atoms with Crippen LogP contribution in [0.2, 0.25) is 0 Å². The van der Waals surface area contributed by atoms with Crippen LogP contribution in [0.5, 0.6) is 0 Å². The van der Waals surface area contributed by atoms with E-state index >= 15 is 0 Å². The summed E-state index contributed by atoms with van der Waals surface area (Å²) in [4.78, 5) is 26.1. The van der Waals surface area contributed by atoms with Gasteiger partial charge in [0.2, 0.25) is 21.8 Å². The molecule has 0 saturated carbocycles. The fourth-order valence-electron chi connectivity index (χ4n) is 3.81. The van der Waals surface area contributed by atoms with Crippen LogP contribution in [0.15, 0.2) is 4.90 Å². The van der Waals surface area contributed by atoms with E-state index in [4.69, 9.17) is 0 Å². The molecule has 2 amide bonds. The monoisotopic (exact) mass is 423 g/mol. The van der Waals surface area contributed by atoms with Gasteiger partial charge in [-0.05, 0) is 69.4 Å². The molecule has 1 aliphatic heterocycles. The van der Waals surface area contributed by atoms with Crippen LogP contribution in [0.1, 0.15) is 48.1 Å². The maximum Gasteiger partial charge on any atom is 0.244 e. The molecule has 0 radical (unpaired) electrons. The summed E-state index contributed by atoms with van der Waals surface area (Å²) >= 11 is 0. The highest BCUT2D eigenvalue weighted by atomic mass is 32.2. The Morgan fingerprint density at radius 2 is 1.34 bits per heavy atom. The number of nitrogens with zero attached hydrogens (tertiary/aromatic N) is 2. The van der Waals surface area contributed by atoms with Gasteiger partial charge in [-0.2, -0.15) is 4.31 Å². The van der Waals surface area contributed by atoms with Gasteiger partial charge in [-0.1, -0.05) is 6.92 Å². The number of hydrogen-bond acceptors (Lipinski definition) is 4. The summed E-state index contributed by atoms with van der Waals surface area (Å²) in [5, 5.41) is 2.66. The lowest BCUT2D eigenvalue weighted by atomic mass is 9.95. The van der Waals surface area contributed by atoms with Gasteiger partial charge in [-0.15, -0.1) is 0 Å². The molecule has 0 aromatic heterocycles. The number of amides is 2. The lowest BCUT2D eigenvalue weighted by molar-refractivity contribution is -0.136. The third-order valence-electron chi connectivity index (χ3n) is 6.15. The fraction of sp³-hybridized carbons (Fsp3) is 0.619. The number of carbonyl (C=O) groups excluding carboxylic acids is 2.